The fraction of sp³-hybridized carbons (Fsp3) is 0.400. The molecule has 1 aliphatic heterocycles. The zero-order chi connectivity index (χ0) is 14.7. The zero-order valence-electron chi connectivity index (χ0n) is 12.0. The molecule has 0 saturated carbocycles. The summed E-state index contributed by atoms with van der Waals surface area (Å²) in [4.78, 5) is 14.7. The maximum Gasteiger partial charge on any atom is 0.248 e. The number of aryl methyl sites for hydroxylation is 1. The minimum absolute atomic E-state index is 0.564. The summed E-state index contributed by atoms with van der Waals surface area (Å²) in [5, 5.41) is 8.26. The second-order valence-corrected chi connectivity index (χ2v) is 5.23. The van der Waals surface area contributed by atoms with Gasteiger partial charge < -0.3 is 9.32 Å². The lowest BCUT2D eigenvalue weighted by Gasteiger charge is -2.31. The third kappa shape index (κ3) is 3.11. The number of amides is 1. The van der Waals surface area contributed by atoms with E-state index >= 15 is 0 Å². The van der Waals surface area contributed by atoms with Gasteiger partial charge in [0.15, 0.2) is 0 Å². The summed E-state index contributed by atoms with van der Waals surface area (Å²) < 4.78 is 5.76. The summed E-state index contributed by atoms with van der Waals surface area (Å²) in [5.74, 6) is 1.18. The van der Waals surface area contributed by atoms with E-state index in [1.807, 2.05) is 31.2 Å². The first-order chi connectivity index (χ1) is 10.3. The van der Waals surface area contributed by atoms with Gasteiger partial charge in [0.2, 0.25) is 18.2 Å². The Balaban J connectivity index is 1.66. The molecular formula is C15H18N4O2. The summed E-state index contributed by atoms with van der Waals surface area (Å²) in [5.41, 5.74) is 2.09. The van der Waals surface area contributed by atoms with Crippen LogP contribution >= 0.6 is 0 Å². The topological polar surface area (TPSA) is 62.5 Å². The van der Waals surface area contributed by atoms with Crippen molar-refractivity contribution in [1.82, 2.24) is 20.0 Å². The second kappa shape index (κ2) is 6.05. The number of benzene rings is 1. The van der Waals surface area contributed by atoms with Gasteiger partial charge in [-0.15, -0.1) is 10.2 Å². The fourth-order valence-electron chi connectivity index (χ4n) is 2.46. The van der Waals surface area contributed by atoms with Crippen LogP contribution in [-0.2, 0) is 11.3 Å². The Morgan fingerprint density at radius 2 is 1.95 bits per heavy atom. The highest BCUT2D eigenvalue weighted by atomic mass is 16.4. The van der Waals surface area contributed by atoms with Crippen molar-refractivity contribution in [3.63, 3.8) is 0 Å². The van der Waals surface area contributed by atoms with Crippen LogP contribution in [0.2, 0.25) is 0 Å². The van der Waals surface area contributed by atoms with Crippen molar-refractivity contribution >= 4 is 6.41 Å². The molecule has 1 amide bonds. The molecular weight excluding hydrogens is 268 g/mol. The van der Waals surface area contributed by atoms with E-state index in [-0.39, 0.29) is 0 Å². The fourth-order valence-corrected chi connectivity index (χ4v) is 2.46. The SMILES string of the molecule is Cc1ccccc1-c1nnc(CN2CCN(C=O)CC2)o1. The number of nitrogens with zero attached hydrogens (tertiary/aromatic N) is 4. The van der Waals surface area contributed by atoms with Crippen LogP contribution in [0.4, 0.5) is 0 Å². The minimum Gasteiger partial charge on any atom is -0.419 e. The molecule has 6 nitrogen and oxygen atoms in total. The highest BCUT2D eigenvalue weighted by Crippen LogP contribution is 2.22. The monoisotopic (exact) mass is 286 g/mol. The molecule has 0 unspecified atom stereocenters. The smallest absolute Gasteiger partial charge is 0.248 e. The molecule has 0 atom stereocenters. The van der Waals surface area contributed by atoms with E-state index in [1.54, 1.807) is 4.90 Å². The van der Waals surface area contributed by atoms with Gasteiger partial charge in [-0.3, -0.25) is 9.69 Å². The van der Waals surface area contributed by atoms with E-state index in [9.17, 15) is 4.79 Å². The van der Waals surface area contributed by atoms with Crippen LogP contribution in [0.1, 0.15) is 11.5 Å². The van der Waals surface area contributed by atoms with Crippen LogP contribution in [0, 0.1) is 6.92 Å². The number of hydrogen-bond donors (Lipinski definition) is 0. The van der Waals surface area contributed by atoms with Crippen molar-refractivity contribution in [3.8, 4) is 11.5 Å². The average molecular weight is 286 g/mol. The Morgan fingerprint density at radius 1 is 1.19 bits per heavy atom. The van der Waals surface area contributed by atoms with Crippen molar-refractivity contribution in [2.45, 2.75) is 13.5 Å². The molecule has 3 rings (SSSR count). The zero-order valence-corrected chi connectivity index (χ0v) is 12.0. The number of rotatable bonds is 4. The van der Waals surface area contributed by atoms with Crippen LogP contribution in [0.3, 0.4) is 0 Å². The molecule has 1 saturated heterocycles. The number of piperazine rings is 1. The number of carbonyl (C=O) groups is 1. The number of aromatic nitrogens is 2. The highest BCUT2D eigenvalue weighted by molar-refractivity contribution is 5.57. The minimum atomic E-state index is 0.564. The lowest BCUT2D eigenvalue weighted by Crippen LogP contribution is -2.45. The molecule has 1 aromatic heterocycles. The quantitative estimate of drug-likeness (QED) is 0.793. The van der Waals surface area contributed by atoms with Crippen LogP contribution in [0.15, 0.2) is 28.7 Å². The first-order valence-electron chi connectivity index (χ1n) is 7.06. The van der Waals surface area contributed by atoms with Crippen LogP contribution in [0.25, 0.3) is 11.5 Å². The van der Waals surface area contributed by atoms with Crippen molar-refractivity contribution < 1.29 is 9.21 Å². The van der Waals surface area contributed by atoms with Gasteiger partial charge in [-0.2, -0.15) is 0 Å². The Hall–Kier alpha value is -2.21. The van der Waals surface area contributed by atoms with Gasteiger partial charge in [0.25, 0.3) is 0 Å². The Bertz CT molecular complexity index is 618. The molecule has 1 fully saturated rings. The Labute approximate surface area is 123 Å². The Kier molecular flexibility index (Phi) is 3.96. The molecule has 1 aliphatic rings. The van der Waals surface area contributed by atoms with Gasteiger partial charge >= 0.3 is 0 Å². The van der Waals surface area contributed by atoms with Gasteiger partial charge in [-0.25, -0.2) is 0 Å². The lowest BCUT2D eigenvalue weighted by molar-refractivity contribution is -0.119. The highest BCUT2D eigenvalue weighted by Gasteiger charge is 2.18. The summed E-state index contributed by atoms with van der Waals surface area (Å²) in [7, 11) is 0. The van der Waals surface area contributed by atoms with Gasteiger partial charge in [0.05, 0.1) is 6.54 Å². The molecule has 2 heterocycles. The number of carbonyl (C=O) groups excluding carboxylic acids is 1. The lowest BCUT2D eigenvalue weighted by atomic mass is 10.1. The summed E-state index contributed by atoms with van der Waals surface area (Å²) in [6.45, 7) is 5.83. The second-order valence-electron chi connectivity index (χ2n) is 5.23. The third-order valence-electron chi connectivity index (χ3n) is 3.76. The van der Waals surface area contributed by atoms with E-state index < -0.39 is 0 Å². The van der Waals surface area contributed by atoms with E-state index in [1.165, 1.54) is 0 Å². The van der Waals surface area contributed by atoms with Gasteiger partial charge in [-0.1, -0.05) is 18.2 Å². The number of hydrogen-bond acceptors (Lipinski definition) is 5. The van der Waals surface area contributed by atoms with Crippen molar-refractivity contribution in [1.29, 1.82) is 0 Å². The largest absolute Gasteiger partial charge is 0.419 e. The summed E-state index contributed by atoms with van der Waals surface area (Å²) >= 11 is 0. The summed E-state index contributed by atoms with van der Waals surface area (Å²) in [6.07, 6.45) is 0.903. The van der Waals surface area contributed by atoms with E-state index in [2.05, 4.69) is 15.1 Å². The van der Waals surface area contributed by atoms with Crippen molar-refractivity contribution in [2.24, 2.45) is 0 Å². The van der Waals surface area contributed by atoms with E-state index in [0.29, 0.717) is 18.3 Å². The van der Waals surface area contributed by atoms with Crippen molar-refractivity contribution in [2.75, 3.05) is 26.2 Å². The molecule has 1 aromatic carbocycles. The average Bonchev–Trinajstić information content (AvgIpc) is 2.97. The maximum absolute atomic E-state index is 10.7. The molecule has 2 aromatic rings. The molecule has 6 heteroatoms. The van der Waals surface area contributed by atoms with E-state index in [0.717, 1.165) is 43.7 Å². The molecule has 21 heavy (non-hydrogen) atoms. The molecule has 110 valence electrons. The standard InChI is InChI=1S/C15H18N4O2/c1-12-4-2-3-5-13(12)15-17-16-14(21-15)10-18-6-8-19(11-20)9-7-18/h2-5,11H,6-10H2,1H3. The first-order valence-corrected chi connectivity index (χ1v) is 7.06. The molecule has 0 spiro atoms. The van der Waals surface area contributed by atoms with Crippen molar-refractivity contribution in [3.05, 3.63) is 35.7 Å². The predicted molar refractivity (Wildman–Crippen MR) is 77.4 cm³/mol. The van der Waals surface area contributed by atoms with Gasteiger partial charge in [0, 0.05) is 31.7 Å². The third-order valence-corrected chi connectivity index (χ3v) is 3.76. The van der Waals surface area contributed by atoms with Gasteiger partial charge in [-0.05, 0) is 18.6 Å². The summed E-state index contributed by atoms with van der Waals surface area (Å²) in [6, 6.07) is 7.96. The Morgan fingerprint density at radius 3 is 2.67 bits per heavy atom. The molecule has 0 radical (unpaired) electrons. The first kappa shape index (κ1) is 13.8. The van der Waals surface area contributed by atoms with Crippen LogP contribution < -0.4 is 0 Å². The molecule has 0 bridgehead atoms. The predicted octanol–water partition coefficient (Wildman–Crippen LogP) is 1.32. The normalized spacial score (nSPS) is 16.1. The van der Waals surface area contributed by atoms with Gasteiger partial charge in [0.1, 0.15) is 0 Å². The van der Waals surface area contributed by atoms with Crippen LogP contribution in [-0.4, -0.2) is 52.6 Å². The molecule has 0 aliphatic carbocycles. The molecule has 0 N–H and O–H groups in total. The maximum atomic E-state index is 10.7. The van der Waals surface area contributed by atoms with Crippen LogP contribution in [0.5, 0.6) is 0 Å². The van der Waals surface area contributed by atoms with E-state index in [4.69, 9.17) is 4.42 Å².